The highest BCUT2D eigenvalue weighted by atomic mass is 35.5. The molecule has 0 aliphatic carbocycles. The molecule has 0 radical (unpaired) electrons. The van der Waals surface area contributed by atoms with Crippen LogP contribution in [0.2, 0.25) is 0 Å². The van der Waals surface area contributed by atoms with Crippen molar-refractivity contribution >= 4 is 29.7 Å². The van der Waals surface area contributed by atoms with Gasteiger partial charge in [-0.1, -0.05) is 24.3 Å². The second kappa shape index (κ2) is 6.82. The van der Waals surface area contributed by atoms with Crippen LogP contribution < -0.4 is 10.6 Å². The fourth-order valence-corrected chi connectivity index (χ4v) is 3.46. The van der Waals surface area contributed by atoms with Crippen molar-refractivity contribution in [2.45, 2.75) is 38.9 Å². The minimum absolute atomic E-state index is 0. The summed E-state index contributed by atoms with van der Waals surface area (Å²) in [4.78, 5) is 13.5. The Bertz CT molecular complexity index is 653. The van der Waals surface area contributed by atoms with Crippen LogP contribution in [0, 0.1) is 0 Å². The Morgan fingerprint density at radius 3 is 2.77 bits per heavy atom. The molecule has 1 aliphatic heterocycles. The summed E-state index contributed by atoms with van der Waals surface area (Å²) in [5.41, 5.74) is 3.39. The highest BCUT2D eigenvalue weighted by molar-refractivity contribution is 7.10. The van der Waals surface area contributed by atoms with Crippen LogP contribution in [0.3, 0.4) is 0 Å². The summed E-state index contributed by atoms with van der Waals surface area (Å²) in [6.45, 7) is 6.41. The lowest BCUT2D eigenvalue weighted by Crippen LogP contribution is -2.39. The molecule has 2 N–H and O–H groups in total. The van der Waals surface area contributed by atoms with E-state index in [2.05, 4.69) is 28.8 Å². The zero-order valence-corrected chi connectivity index (χ0v) is 14.4. The van der Waals surface area contributed by atoms with Crippen LogP contribution in [0.4, 0.5) is 0 Å². The predicted molar refractivity (Wildman–Crippen MR) is 93.4 cm³/mol. The quantitative estimate of drug-likeness (QED) is 0.898. The molecule has 1 aromatic heterocycles. The maximum Gasteiger partial charge on any atom is 0.231 e. The number of amides is 1. The Morgan fingerprint density at radius 2 is 2.05 bits per heavy atom. The SMILES string of the molecule is CC(C)(C(=O)NCc1ccc2c(c1)CNC2)c1cccs1.Cl. The van der Waals surface area contributed by atoms with E-state index in [0.29, 0.717) is 6.54 Å². The number of fused-ring (bicyclic) bond motifs is 1. The number of nitrogens with one attached hydrogen (secondary N) is 2. The van der Waals surface area contributed by atoms with E-state index in [1.54, 1.807) is 11.3 Å². The molecule has 2 aromatic rings. The molecule has 0 saturated heterocycles. The van der Waals surface area contributed by atoms with Crippen molar-refractivity contribution in [3.8, 4) is 0 Å². The van der Waals surface area contributed by atoms with Crippen LogP contribution in [0.1, 0.15) is 35.4 Å². The highest BCUT2D eigenvalue weighted by Crippen LogP contribution is 2.27. The third kappa shape index (κ3) is 3.35. The summed E-state index contributed by atoms with van der Waals surface area (Å²) in [7, 11) is 0. The lowest BCUT2D eigenvalue weighted by Gasteiger charge is -2.22. The van der Waals surface area contributed by atoms with Gasteiger partial charge in [-0.2, -0.15) is 0 Å². The third-order valence-corrected chi connectivity index (χ3v) is 5.25. The molecule has 0 unspecified atom stereocenters. The molecule has 0 fully saturated rings. The summed E-state index contributed by atoms with van der Waals surface area (Å²) >= 11 is 1.63. The Morgan fingerprint density at radius 1 is 1.27 bits per heavy atom. The summed E-state index contributed by atoms with van der Waals surface area (Å²) in [5.74, 6) is 0.0728. The minimum atomic E-state index is -0.480. The van der Waals surface area contributed by atoms with Crippen LogP contribution in [-0.4, -0.2) is 5.91 Å². The van der Waals surface area contributed by atoms with Crippen LogP contribution in [-0.2, 0) is 29.8 Å². The number of benzene rings is 1. The van der Waals surface area contributed by atoms with Crippen molar-refractivity contribution < 1.29 is 4.79 Å². The van der Waals surface area contributed by atoms with E-state index in [9.17, 15) is 4.79 Å². The number of carbonyl (C=O) groups is 1. The molecule has 0 spiro atoms. The number of halogens is 1. The first-order valence-electron chi connectivity index (χ1n) is 7.21. The summed E-state index contributed by atoms with van der Waals surface area (Å²) in [6.07, 6.45) is 0. The normalized spacial score (nSPS) is 13.4. The van der Waals surface area contributed by atoms with Gasteiger partial charge < -0.3 is 10.6 Å². The first kappa shape index (κ1) is 17.0. The summed E-state index contributed by atoms with van der Waals surface area (Å²) < 4.78 is 0. The van der Waals surface area contributed by atoms with Crippen LogP contribution in [0.25, 0.3) is 0 Å². The lowest BCUT2D eigenvalue weighted by molar-refractivity contribution is -0.125. The molecule has 1 aliphatic rings. The fourth-order valence-electron chi connectivity index (χ4n) is 2.61. The first-order valence-corrected chi connectivity index (χ1v) is 8.09. The molecular formula is C17H21ClN2OS. The molecule has 3 rings (SSSR count). The van der Waals surface area contributed by atoms with E-state index in [4.69, 9.17) is 0 Å². The zero-order valence-electron chi connectivity index (χ0n) is 12.8. The molecule has 0 atom stereocenters. The molecule has 5 heteroatoms. The van der Waals surface area contributed by atoms with Gasteiger partial charge in [0, 0.05) is 24.5 Å². The lowest BCUT2D eigenvalue weighted by atomic mass is 9.90. The van der Waals surface area contributed by atoms with Gasteiger partial charge in [-0.05, 0) is 42.0 Å². The van der Waals surface area contributed by atoms with E-state index in [-0.39, 0.29) is 18.3 Å². The number of thiophene rings is 1. The number of hydrogen-bond acceptors (Lipinski definition) is 3. The molecule has 0 saturated carbocycles. The van der Waals surface area contributed by atoms with Gasteiger partial charge in [-0.15, -0.1) is 23.7 Å². The molecule has 3 nitrogen and oxygen atoms in total. The average molecular weight is 337 g/mol. The van der Waals surface area contributed by atoms with Crippen molar-refractivity contribution in [1.29, 1.82) is 0 Å². The van der Waals surface area contributed by atoms with E-state index in [1.807, 2.05) is 31.4 Å². The third-order valence-electron chi connectivity index (χ3n) is 4.06. The maximum atomic E-state index is 12.5. The minimum Gasteiger partial charge on any atom is -0.351 e. The molecule has 118 valence electrons. The highest BCUT2D eigenvalue weighted by Gasteiger charge is 2.30. The standard InChI is InChI=1S/C17H20N2OS.ClH/c1-17(2,15-4-3-7-21-15)16(20)19-9-12-5-6-13-10-18-11-14(13)8-12;/h3-8,18H,9-11H2,1-2H3,(H,19,20);1H. The fraction of sp³-hybridized carbons (Fsp3) is 0.353. The molecule has 1 amide bonds. The van der Waals surface area contributed by atoms with Crippen LogP contribution >= 0.6 is 23.7 Å². The van der Waals surface area contributed by atoms with Crippen molar-refractivity contribution in [2.75, 3.05) is 0 Å². The molecule has 1 aromatic carbocycles. The Hall–Kier alpha value is -1.36. The average Bonchev–Trinajstić information content (AvgIpc) is 3.14. The van der Waals surface area contributed by atoms with Gasteiger partial charge in [-0.25, -0.2) is 0 Å². The van der Waals surface area contributed by atoms with Crippen molar-refractivity contribution in [1.82, 2.24) is 10.6 Å². The van der Waals surface area contributed by atoms with Gasteiger partial charge in [0.05, 0.1) is 5.41 Å². The van der Waals surface area contributed by atoms with Crippen LogP contribution in [0.15, 0.2) is 35.7 Å². The topological polar surface area (TPSA) is 41.1 Å². The van der Waals surface area contributed by atoms with Gasteiger partial charge in [0.25, 0.3) is 0 Å². The molecule has 2 heterocycles. The molecule has 0 bridgehead atoms. The van der Waals surface area contributed by atoms with E-state index >= 15 is 0 Å². The van der Waals surface area contributed by atoms with Crippen molar-refractivity contribution in [3.05, 3.63) is 57.3 Å². The number of hydrogen-bond donors (Lipinski definition) is 2. The van der Waals surface area contributed by atoms with E-state index in [1.165, 1.54) is 11.1 Å². The van der Waals surface area contributed by atoms with Crippen LogP contribution in [0.5, 0.6) is 0 Å². The van der Waals surface area contributed by atoms with Gasteiger partial charge in [0.1, 0.15) is 0 Å². The monoisotopic (exact) mass is 336 g/mol. The second-order valence-electron chi connectivity index (χ2n) is 5.99. The largest absolute Gasteiger partial charge is 0.351 e. The number of rotatable bonds is 4. The summed E-state index contributed by atoms with van der Waals surface area (Å²) in [5, 5.41) is 8.41. The van der Waals surface area contributed by atoms with E-state index in [0.717, 1.165) is 23.5 Å². The van der Waals surface area contributed by atoms with Gasteiger partial charge >= 0.3 is 0 Å². The smallest absolute Gasteiger partial charge is 0.231 e. The summed E-state index contributed by atoms with van der Waals surface area (Å²) in [6, 6.07) is 10.5. The number of carbonyl (C=O) groups excluding carboxylic acids is 1. The molecular weight excluding hydrogens is 316 g/mol. The first-order chi connectivity index (χ1) is 10.1. The Kier molecular flexibility index (Phi) is 5.27. The maximum absolute atomic E-state index is 12.5. The Labute approximate surface area is 141 Å². The predicted octanol–water partition coefficient (Wildman–Crippen LogP) is 3.37. The van der Waals surface area contributed by atoms with E-state index < -0.39 is 5.41 Å². The van der Waals surface area contributed by atoms with Gasteiger partial charge in [0.15, 0.2) is 0 Å². The van der Waals surface area contributed by atoms with Gasteiger partial charge in [-0.3, -0.25) is 4.79 Å². The Balaban J connectivity index is 0.00000176. The van der Waals surface area contributed by atoms with Gasteiger partial charge in [0.2, 0.25) is 5.91 Å². The van der Waals surface area contributed by atoms with Crippen molar-refractivity contribution in [3.63, 3.8) is 0 Å². The molecule has 22 heavy (non-hydrogen) atoms. The second-order valence-corrected chi connectivity index (χ2v) is 6.94. The zero-order chi connectivity index (χ0) is 14.9. The van der Waals surface area contributed by atoms with Crippen molar-refractivity contribution in [2.24, 2.45) is 0 Å².